The molecule has 0 aromatic heterocycles. The minimum atomic E-state index is -0.853. The van der Waals surface area contributed by atoms with Crippen LogP contribution in [0.1, 0.15) is 12.0 Å². The SMILES string of the molecule is COC(=O)C1=C2Nc3ccccc3[C@]2(CCN=[N+]=[N-])[C@H](OC)C(C=O)=C1. The second kappa shape index (κ2) is 7.03. The Labute approximate surface area is 150 Å². The van der Waals surface area contributed by atoms with Crippen molar-refractivity contribution in [3.05, 3.63) is 63.2 Å². The summed E-state index contributed by atoms with van der Waals surface area (Å²) in [5, 5.41) is 6.94. The number of carbonyl (C=O) groups excluding carboxylic acids is 2. The molecule has 1 N–H and O–H groups in total. The number of azide groups is 1. The van der Waals surface area contributed by atoms with E-state index in [-0.39, 0.29) is 12.1 Å². The molecule has 0 saturated heterocycles. The number of esters is 1. The number of nitrogens with zero attached hydrogens (tertiary/aromatic N) is 3. The van der Waals surface area contributed by atoms with Crippen molar-refractivity contribution in [2.24, 2.45) is 5.11 Å². The van der Waals surface area contributed by atoms with E-state index in [0.29, 0.717) is 24.0 Å². The first kappa shape index (κ1) is 17.7. The highest BCUT2D eigenvalue weighted by Crippen LogP contribution is 2.53. The fourth-order valence-electron chi connectivity index (χ4n) is 3.91. The van der Waals surface area contributed by atoms with Crippen molar-refractivity contribution < 1.29 is 19.1 Å². The van der Waals surface area contributed by atoms with E-state index >= 15 is 0 Å². The van der Waals surface area contributed by atoms with Gasteiger partial charge in [-0.1, -0.05) is 23.3 Å². The molecule has 1 aliphatic carbocycles. The van der Waals surface area contributed by atoms with Crippen LogP contribution in [0.2, 0.25) is 0 Å². The number of nitrogens with one attached hydrogen (secondary N) is 1. The topological polar surface area (TPSA) is 113 Å². The van der Waals surface area contributed by atoms with E-state index in [1.54, 1.807) is 0 Å². The molecular weight excluding hydrogens is 336 g/mol. The van der Waals surface area contributed by atoms with Crippen LogP contribution in [0.15, 0.2) is 52.3 Å². The number of benzene rings is 1. The number of para-hydroxylation sites is 1. The van der Waals surface area contributed by atoms with Gasteiger partial charge in [0.05, 0.1) is 18.1 Å². The Kier molecular flexibility index (Phi) is 4.79. The molecule has 1 aliphatic heterocycles. The summed E-state index contributed by atoms with van der Waals surface area (Å²) in [6.45, 7) is 0.177. The maximum absolute atomic E-state index is 12.4. The minimum absolute atomic E-state index is 0.177. The molecule has 3 rings (SSSR count). The largest absolute Gasteiger partial charge is 0.465 e. The number of hydrogen-bond acceptors (Lipinski definition) is 6. The molecular formula is C18H18N4O4. The monoisotopic (exact) mass is 354 g/mol. The van der Waals surface area contributed by atoms with Gasteiger partial charge in [0, 0.05) is 35.5 Å². The van der Waals surface area contributed by atoms with Crippen LogP contribution in [0.25, 0.3) is 10.4 Å². The van der Waals surface area contributed by atoms with Crippen LogP contribution < -0.4 is 5.32 Å². The number of fused-ring (bicyclic) bond motifs is 3. The van der Waals surface area contributed by atoms with Crippen LogP contribution in [-0.4, -0.2) is 39.1 Å². The molecule has 0 unspecified atom stereocenters. The molecule has 134 valence electrons. The molecule has 0 bridgehead atoms. The molecule has 8 nitrogen and oxygen atoms in total. The molecule has 26 heavy (non-hydrogen) atoms. The first-order valence-electron chi connectivity index (χ1n) is 8.04. The van der Waals surface area contributed by atoms with Gasteiger partial charge in [0.15, 0.2) is 0 Å². The maximum atomic E-state index is 12.4. The molecule has 0 amide bonds. The smallest absolute Gasteiger partial charge is 0.339 e. The molecule has 2 atom stereocenters. The highest BCUT2D eigenvalue weighted by atomic mass is 16.5. The van der Waals surface area contributed by atoms with Crippen LogP contribution >= 0.6 is 0 Å². The van der Waals surface area contributed by atoms with E-state index in [2.05, 4.69) is 15.3 Å². The Hall–Kier alpha value is -3.09. The first-order valence-corrected chi connectivity index (χ1v) is 8.04. The van der Waals surface area contributed by atoms with Crippen molar-refractivity contribution in [3.63, 3.8) is 0 Å². The number of ether oxygens (including phenoxy) is 2. The summed E-state index contributed by atoms with van der Waals surface area (Å²) in [4.78, 5) is 26.9. The zero-order valence-corrected chi connectivity index (χ0v) is 14.4. The molecule has 1 aromatic rings. The Morgan fingerprint density at radius 3 is 2.85 bits per heavy atom. The van der Waals surface area contributed by atoms with E-state index in [1.165, 1.54) is 20.3 Å². The fourth-order valence-corrected chi connectivity index (χ4v) is 3.91. The summed E-state index contributed by atoms with van der Waals surface area (Å²) in [5.74, 6) is -0.553. The third kappa shape index (κ3) is 2.47. The lowest BCUT2D eigenvalue weighted by Gasteiger charge is -2.41. The van der Waals surface area contributed by atoms with Gasteiger partial charge in [-0.2, -0.15) is 0 Å². The maximum Gasteiger partial charge on any atom is 0.339 e. The third-order valence-electron chi connectivity index (χ3n) is 4.89. The van der Waals surface area contributed by atoms with Crippen molar-refractivity contribution in [2.45, 2.75) is 17.9 Å². The summed E-state index contributed by atoms with van der Waals surface area (Å²) in [5.41, 5.74) is 10.7. The van der Waals surface area contributed by atoms with Crippen molar-refractivity contribution in [2.75, 3.05) is 26.1 Å². The average Bonchev–Trinajstić information content (AvgIpc) is 3.01. The lowest BCUT2D eigenvalue weighted by molar-refractivity contribution is -0.135. The minimum Gasteiger partial charge on any atom is -0.465 e. The number of hydrogen-bond donors (Lipinski definition) is 1. The number of rotatable bonds is 6. The standard InChI is InChI=1S/C18H18N4O4/c1-25-16-11(10-23)9-12(17(24)26-2)15-18(16,7-8-20-22-19)13-5-3-4-6-14(13)21-15/h3-6,9-10,16,21H,7-8H2,1-2H3/t16-,18+/m1/s1. The van der Waals surface area contributed by atoms with Crippen molar-refractivity contribution in [1.82, 2.24) is 0 Å². The first-order chi connectivity index (χ1) is 12.6. The summed E-state index contributed by atoms with van der Waals surface area (Å²) in [6, 6.07) is 7.55. The molecule has 0 radical (unpaired) electrons. The highest BCUT2D eigenvalue weighted by molar-refractivity contribution is 5.98. The highest BCUT2D eigenvalue weighted by Gasteiger charge is 2.54. The van der Waals surface area contributed by atoms with Gasteiger partial charge in [-0.15, -0.1) is 0 Å². The summed E-state index contributed by atoms with van der Waals surface area (Å²) >= 11 is 0. The summed E-state index contributed by atoms with van der Waals surface area (Å²) in [6.07, 6.45) is 1.91. The van der Waals surface area contributed by atoms with Crippen LogP contribution in [0, 0.1) is 0 Å². The second-order valence-electron chi connectivity index (χ2n) is 6.00. The van der Waals surface area contributed by atoms with Gasteiger partial charge in [-0.05, 0) is 29.7 Å². The van der Waals surface area contributed by atoms with Crippen LogP contribution in [0.5, 0.6) is 0 Å². The van der Waals surface area contributed by atoms with E-state index in [4.69, 9.17) is 15.0 Å². The molecule has 1 heterocycles. The van der Waals surface area contributed by atoms with Crippen molar-refractivity contribution >= 4 is 17.9 Å². The number of methoxy groups -OCH3 is 2. The lowest BCUT2D eigenvalue weighted by Crippen LogP contribution is -2.46. The molecule has 2 aliphatic rings. The van der Waals surface area contributed by atoms with Crippen LogP contribution in [0.3, 0.4) is 0 Å². The Morgan fingerprint density at radius 2 is 2.19 bits per heavy atom. The predicted octanol–water partition coefficient (Wildman–Crippen LogP) is 2.63. The predicted molar refractivity (Wildman–Crippen MR) is 94.4 cm³/mol. The van der Waals surface area contributed by atoms with E-state index in [9.17, 15) is 9.59 Å². The molecule has 0 spiro atoms. The van der Waals surface area contributed by atoms with E-state index < -0.39 is 17.5 Å². The van der Waals surface area contributed by atoms with Crippen molar-refractivity contribution in [3.8, 4) is 0 Å². The molecule has 1 aromatic carbocycles. The number of anilines is 1. The van der Waals surface area contributed by atoms with E-state index in [1.807, 2.05) is 24.3 Å². The Bertz CT molecular complexity index is 870. The number of aldehydes is 1. The Morgan fingerprint density at radius 1 is 1.42 bits per heavy atom. The lowest BCUT2D eigenvalue weighted by atomic mass is 9.66. The Balaban J connectivity index is 2.31. The number of carbonyl (C=O) groups is 2. The van der Waals surface area contributed by atoms with Gasteiger partial charge in [0.1, 0.15) is 12.4 Å². The van der Waals surface area contributed by atoms with Gasteiger partial charge >= 0.3 is 5.97 Å². The third-order valence-corrected chi connectivity index (χ3v) is 4.89. The summed E-state index contributed by atoms with van der Waals surface area (Å²) in [7, 11) is 2.80. The summed E-state index contributed by atoms with van der Waals surface area (Å²) < 4.78 is 10.6. The zero-order chi connectivity index (χ0) is 18.7. The quantitative estimate of drug-likeness (QED) is 0.277. The van der Waals surface area contributed by atoms with Crippen LogP contribution in [0.4, 0.5) is 5.69 Å². The second-order valence-corrected chi connectivity index (χ2v) is 6.00. The van der Waals surface area contributed by atoms with Gasteiger partial charge in [0.25, 0.3) is 0 Å². The molecule has 8 heteroatoms. The normalized spacial score (nSPS) is 23.2. The zero-order valence-electron chi connectivity index (χ0n) is 14.4. The van der Waals surface area contributed by atoms with Gasteiger partial charge in [-0.25, -0.2) is 4.79 Å². The van der Waals surface area contributed by atoms with E-state index in [0.717, 1.165) is 11.3 Å². The average molecular weight is 354 g/mol. The van der Waals surface area contributed by atoms with Gasteiger partial charge in [-0.3, -0.25) is 4.79 Å². The van der Waals surface area contributed by atoms with Crippen molar-refractivity contribution in [1.29, 1.82) is 0 Å². The van der Waals surface area contributed by atoms with Crippen LogP contribution in [-0.2, 0) is 24.5 Å². The molecule has 0 saturated carbocycles. The molecule has 0 fully saturated rings. The van der Waals surface area contributed by atoms with Gasteiger partial charge in [0.2, 0.25) is 0 Å². The van der Waals surface area contributed by atoms with Gasteiger partial charge < -0.3 is 14.8 Å². The fraction of sp³-hybridized carbons (Fsp3) is 0.333.